The van der Waals surface area contributed by atoms with Crippen LogP contribution in [0.25, 0.3) is 0 Å². The number of hydrogen-bond donors (Lipinski definition) is 2. The first-order chi connectivity index (χ1) is 8.40. The maximum Gasteiger partial charge on any atom is 0.276 e. The number of nitrogen functional groups attached to an aromatic ring is 1. The van der Waals surface area contributed by atoms with Crippen LogP contribution in [0, 0.1) is 5.92 Å². The molecule has 1 unspecified atom stereocenters. The zero-order valence-corrected chi connectivity index (χ0v) is 10.0. The summed E-state index contributed by atoms with van der Waals surface area (Å²) < 4.78 is 25.1. The number of alkyl halides is 2. The topological polar surface area (TPSA) is 64.4 Å². The Bertz CT molecular complexity index is 482. The third kappa shape index (κ3) is 2.88. The molecule has 1 fully saturated rings. The van der Waals surface area contributed by atoms with E-state index in [2.05, 4.69) is 5.48 Å². The van der Waals surface area contributed by atoms with Crippen LogP contribution in [0.1, 0.15) is 16.8 Å². The van der Waals surface area contributed by atoms with E-state index in [4.69, 9.17) is 22.2 Å². The van der Waals surface area contributed by atoms with Crippen LogP contribution in [-0.2, 0) is 4.84 Å². The summed E-state index contributed by atoms with van der Waals surface area (Å²) in [5.41, 5.74) is 8.08. The summed E-state index contributed by atoms with van der Waals surface area (Å²) >= 11 is 5.80. The second-order valence-corrected chi connectivity index (χ2v) is 4.55. The Morgan fingerprint density at radius 3 is 2.89 bits per heavy atom. The number of rotatable bonds is 4. The highest BCUT2D eigenvalue weighted by atomic mass is 35.5. The zero-order chi connectivity index (χ0) is 13.3. The molecule has 0 saturated heterocycles. The Morgan fingerprint density at radius 2 is 2.28 bits per heavy atom. The molecule has 0 bridgehead atoms. The van der Waals surface area contributed by atoms with Crippen molar-refractivity contribution in [3.8, 4) is 0 Å². The molecule has 2 rings (SSSR count). The summed E-state index contributed by atoms with van der Waals surface area (Å²) in [5.74, 6) is -4.11. The minimum absolute atomic E-state index is 0.138. The second kappa shape index (κ2) is 4.70. The summed E-state index contributed by atoms with van der Waals surface area (Å²) in [7, 11) is 0. The number of amides is 1. The number of halogens is 3. The van der Waals surface area contributed by atoms with Gasteiger partial charge in [0, 0.05) is 12.1 Å². The van der Waals surface area contributed by atoms with E-state index in [1.807, 2.05) is 0 Å². The molecule has 1 aliphatic rings. The van der Waals surface area contributed by atoms with Crippen LogP contribution in [0.2, 0.25) is 5.02 Å². The van der Waals surface area contributed by atoms with Gasteiger partial charge in [0.05, 0.1) is 23.1 Å². The number of benzene rings is 1. The number of nitrogens with one attached hydrogen (secondary N) is 1. The number of carbonyl (C=O) groups excluding carboxylic acids is 1. The summed E-state index contributed by atoms with van der Waals surface area (Å²) in [6.45, 7) is -0.224. The van der Waals surface area contributed by atoms with E-state index in [1.54, 1.807) is 6.07 Å². The van der Waals surface area contributed by atoms with Crippen molar-refractivity contribution in [3.05, 3.63) is 28.8 Å². The van der Waals surface area contributed by atoms with Gasteiger partial charge in [-0.15, -0.1) is 0 Å². The molecule has 4 nitrogen and oxygen atoms in total. The predicted molar refractivity (Wildman–Crippen MR) is 62.3 cm³/mol. The highest BCUT2D eigenvalue weighted by Gasteiger charge is 2.57. The van der Waals surface area contributed by atoms with Crippen LogP contribution in [0.4, 0.5) is 14.5 Å². The molecule has 7 heteroatoms. The summed E-state index contributed by atoms with van der Waals surface area (Å²) in [4.78, 5) is 16.3. The standard InChI is InChI=1S/C11H11ClF2N2O2/c12-9-2-1-7(15)3-8(9)10(17)16-18-5-6-4-11(6,13)14/h1-3,6H,4-5,15H2,(H,16,17). The lowest BCUT2D eigenvalue weighted by molar-refractivity contribution is 0.00735. The highest BCUT2D eigenvalue weighted by molar-refractivity contribution is 6.33. The van der Waals surface area contributed by atoms with Gasteiger partial charge in [-0.2, -0.15) is 0 Å². The quantitative estimate of drug-likeness (QED) is 0.655. The van der Waals surface area contributed by atoms with E-state index in [1.165, 1.54) is 12.1 Å². The molecular formula is C11H11ClF2N2O2. The van der Waals surface area contributed by atoms with Gasteiger partial charge in [-0.25, -0.2) is 14.3 Å². The summed E-state index contributed by atoms with van der Waals surface area (Å²) in [5, 5.41) is 0.210. The van der Waals surface area contributed by atoms with Crippen LogP contribution < -0.4 is 11.2 Å². The maximum atomic E-state index is 12.5. The fourth-order valence-electron chi connectivity index (χ4n) is 1.43. The monoisotopic (exact) mass is 276 g/mol. The van der Waals surface area contributed by atoms with Gasteiger partial charge in [0.2, 0.25) is 0 Å². The number of carbonyl (C=O) groups is 1. The van der Waals surface area contributed by atoms with Crippen LogP contribution >= 0.6 is 11.6 Å². The van der Waals surface area contributed by atoms with E-state index < -0.39 is 17.7 Å². The van der Waals surface area contributed by atoms with Crippen molar-refractivity contribution in [2.75, 3.05) is 12.3 Å². The van der Waals surface area contributed by atoms with Crippen molar-refractivity contribution in [2.45, 2.75) is 12.3 Å². The molecule has 1 aliphatic carbocycles. The first-order valence-electron chi connectivity index (χ1n) is 5.25. The molecule has 1 saturated carbocycles. The van der Waals surface area contributed by atoms with Crippen LogP contribution in [0.5, 0.6) is 0 Å². The van der Waals surface area contributed by atoms with Gasteiger partial charge in [0.15, 0.2) is 0 Å². The van der Waals surface area contributed by atoms with Gasteiger partial charge in [-0.05, 0) is 18.2 Å². The lowest BCUT2D eigenvalue weighted by Gasteiger charge is -2.07. The largest absolute Gasteiger partial charge is 0.399 e. The minimum atomic E-state index is -2.67. The molecule has 0 spiro atoms. The van der Waals surface area contributed by atoms with Crippen molar-refractivity contribution >= 4 is 23.2 Å². The van der Waals surface area contributed by atoms with Crippen LogP contribution in [0.15, 0.2) is 18.2 Å². The first kappa shape index (κ1) is 13.0. The normalized spacial score (nSPS) is 20.5. The third-order valence-electron chi connectivity index (χ3n) is 2.64. The molecule has 1 aromatic rings. The molecule has 18 heavy (non-hydrogen) atoms. The number of hydroxylamine groups is 1. The van der Waals surface area contributed by atoms with Crippen molar-refractivity contribution in [2.24, 2.45) is 5.92 Å². The molecule has 1 atom stereocenters. The van der Waals surface area contributed by atoms with E-state index in [0.717, 1.165) is 0 Å². The second-order valence-electron chi connectivity index (χ2n) is 4.14. The minimum Gasteiger partial charge on any atom is -0.399 e. The fraction of sp³-hybridized carbons (Fsp3) is 0.364. The van der Waals surface area contributed by atoms with Gasteiger partial charge in [0.25, 0.3) is 11.8 Å². The molecule has 3 N–H and O–H groups in total. The van der Waals surface area contributed by atoms with E-state index >= 15 is 0 Å². The maximum absolute atomic E-state index is 12.5. The predicted octanol–water partition coefficient (Wildman–Crippen LogP) is 2.24. The molecule has 1 aromatic carbocycles. The Morgan fingerprint density at radius 1 is 1.61 bits per heavy atom. The molecule has 0 heterocycles. The van der Waals surface area contributed by atoms with E-state index in [0.29, 0.717) is 5.69 Å². The highest BCUT2D eigenvalue weighted by Crippen LogP contribution is 2.48. The van der Waals surface area contributed by atoms with Gasteiger partial charge in [-0.1, -0.05) is 11.6 Å². The smallest absolute Gasteiger partial charge is 0.276 e. The number of nitrogens with two attached hydrogens (primary N) is 1. The SMILES string of the molecule is Nc1ccc(Cl)c(C(=O)NOCC2CC2(F)F)c1. The van der Waals surface area contributed by atoms with Crippen molar-refractivity contribution in [3.63, 3.8) is 0 Å². The van der Waals surface area contributed by atoms with Gasteiger partial charge < -0.3 is 5.73 Å². The van der Waals surface area contributed by atoms with Crippen molar-refractivity contribution in [1.82, 2.24) is 5.48 Å². The zero-order valence-electron chi connectivity index (χ0n) is 9.25. The Hall–Kier alpha value is -1.40. The van der Waals surface area contributed by atoms with Crippen molar-refractivity contribution < 1.29 is 18.4 Å². The molecule has 1 amide bonds. The molecule has 0 aromatic heterocycles. The van der Waals surface area contributed by atoms with Crippen LogP contribution in [-0.4, -0.2) is 18.4 Å². The molecule has 0 aliphatic heterocycles. The Balaban J connectivity index is 1.86. The molecular weight excluding hydrogens is 266 g/mol. The Labute approximate surface area is 107 Å². The van der Waals surface area contributed by atoms with Gasteiger partial charge in [0.1, 0.15) is 0 Å². The average molecular weight is 277 g/mol. The van der Waals surface area contributed by atoms with E-state index in [9.17, 15) is 13.6 Å². The van der Waals surface area contributed by atoms with Crippen LogP contribution in [0.3, 0.4) is 0 Å². The molecule has 98 valence electrons. The van der Waals surface area contributed by atoms with Gasteiger partial charge >= 0.3 is 0 Å². The third-order valence-corrected chi connectivity index (χ3v) is 2.97. The van der Waals surface area contributed by atoms with Crippen molar-refractivity contribution in [1.29, 1.82) is 0 Å². The lowest BCUT2D eigenvalue weighted by Crippen LogP contribution is -2.25. The summed E-state index contributed by atoms with van der Waals surface area (Å²) in [6.07, 6.45) is -0.206. The fourth-order valence-corrected chi connectivity index (χ4v) is 1.63. The average Bonchev–Trinajstić information content (AvgIpc) is 2.90. The molecule has 0 radical (unpaired) electrons. The lowest BCUT2D eigenvalue weighted by atomic mass is 10.2. The van der Waals surface area contributed by atoms with Gasteiger partial charge in [-0.3, -0.25) is 9.63 Å². The number of hydrogen-bond acceptors (Lipinski definition) is 3. The number of anilines is 1. The Kier molecular flexibility index (Phi) is 3.41. The van der Waals surface area contributed by atoms with E-state index in [-0.39, 0.29) is 23.6 Å². The first-order valence-corrected chi connectivity index (χ1v) is 5.63. The summed E-state index contributed by atoms with van der Waals surface area (Å²) in [6, 6.07) is 4.40.